The van der Waals surface area contributed by atoms with Crippen molar-refractivity contribution in [3.05, 3.63) is 29.6 Å². The molecule has 7 heteroatoms. The molecule has 1 heterocycles. The number of rotatable bonds is 6. The Morgan fingerprint density at radius 3 is 2.83 bits per heavy atom. The van der Waals surface area contributed by atoms with E-state index < -0.39 is 0 Å². The zero-order valence-electron chi connectivity index (χ0n) is 13.7. The van der Waals surface area contributed by atoms with E-state index in [4.69, 9.17) is 21.7 Å². The quantitative estimate of drug-likeness (QED) is 0.648. The van der Waals surface area contributed by atoms with E-state index in [2.05, 4.69) is 10.6 Å². The summed E-state index contributed by atoms with van der Waals surface area (Å²) in [6.45, 7) is 7.52. The zero-order valence-corrected chi connectivity index (χ0v) is 14.5. The van der Waals surface area contributed by atoms with Gasteiger partial charge in [-0.15, -0.1) is 0 Å². The van der Waals surface area contributed by atoms with Gasteiger partial charge in [0.15, 0.2) is 16.7 Å². The smallest absolute Gasteiger partial charge is 0.166 e. The molecule has 0 bridgehead atoms. The normalized spacial score (nSPS) is 16.7. The number of benzene rings is 1. The van der Waals surface area contributed by atoms with Gasteiger partial charge >= 0.3 is 0 Å². The maximum Gasteiger partial charge on any atom is 0.166 e. The van der Waals surface area contributed by atoms with E-state index in [0.29, 0.717) is 5.11 Å². The molecule has 0 spiro atoms. The number of hydrogen-bond acceptors (Lipinski definition) is 3. The van der Waals surface area contributed by atoms with Crippen LogP contribution in [-0.2, 0) is 4.74 Å². The summed E-state index contributed by atoms with van der Waals surface area (Å²) in [7, 11) is 1.45. The summed E-state index contributed by atoms with van der Waals surface area (Å²) in [5, 5.41) is 6.97. The molecule has 0 radical (unpaired) electrons. The third kappa shape index (κ3) is 5.60. The topological polar surface area (TPSA) is 47.0 Å². The van der Waals surface area contributed by atoms with Gasteiger partial charge in [-0.25, -0.2) is 4.39 Å². The molecule has 1 aromatic carbocycles. The average molecular weight is 342 g/mol. The van der Waals surface area contributed by atoms with Crippen molar-refractivity contribution in [2.75, 3.05) is 46.5 Å². The molecular formula is C16H25FN3O2S+. The lowest BCUT2D eigenvalue weighted by Crippen LogP contribution is -3.14. The molecular weight excluding hydrogens is 317 g/mol. The van der Waals surface area contributed by atoms with Crippen LogP contribution in [0.3, 0.4) is 0 Å². The van der Waals surface area contributed by atoms with Crippen LogP contribution < -0.4 is 20.3 Å². The van der Waals surface area contributed by atoms with E-state index in [1.165, 1.54) is 18.1 Å². The molecule has 128 valence electrons. The molecule has 0 aromatic heterocycles. The number of nitrogens with one attached hydrogen (secondary N) is 3. The molecule has 1 aliphatic rings. The monoisotopic (exact) mass is 342 g/mol. The fraction of sp³-hybridized carbons (Fsp3) is 0.562. The fourth-order valence-electron chi connectivity index (χ4n) is 2.55. The summed E-state index contributed by atoms with van der Waals surface area (Å²) >= 11 is 5.30. The van der Waals surface area contributed by atoms with Gasteiger partial charge in [0.25, 0.3) is 0 Å². The molecule has 0 aliphatic carbocycles. The van der Waals surface area contributed by atoms with Crippen LogP contribution in [0.25, 0.3) is 0 Å². The molecule has 3 N–H and O–H groups in total. The molecule has 0 amide bonds. The Hall–Kier alpha value is -1.44. The molecule has 0 saturated carbocycles. The number of thiocarbonyl (C=S) groups is 1. The van der Waals surface area contributed by atoms with Crippen molar-refractivity contribution in [1.29, 1.82) is 0 Å². The number of hydrogen-bond donors (Lipinski definition) is 3. The van der Waals surface area contributed by atoms with Crippen LogP contribution in [0.2, 0.25) is 0 Å². The minimum absolute atomic E-state index is 0.0776. The van der Waals surface area contributed by atoms with E-state index in [1.807, 2.05) is 13.0 Å². The predicted octanol–water partition coefficient (Wildman–Crippen LogP) is 0.275. The van der Waals surface area contributed by atoms with Crippen molar-refractivity contribution in [3.63, 3.8) is 0 Å². The number of quaternary nitrogens is 1. The van der Waals surface area contributed by atoms with Crippen LogP contribution >= 0.6 is 12.2 Å². The van der Waals surface area contributed by atoms with Crippen molar-refractivity contribution < 1.29 is 18.8 Å². The minimum atomic E-state index is -0.367. The first kappa shape index (κ1) is 17.9. The van der Waals surface area contributed by atoms with Gasteiger partial charge in [0.05, 0.1) is 39.5 Å². The van der Waals surface area contributed by atoms with Gasteiger partial charge in [-0.3, -0.25) is 0 Å². The minimum Gasteiger partial charge on any atom is -0.494 e. The van der Waals surface area contributed by atoms with Gasteiger partial charge in [-0.1, -0.05) is 6.07 Å². The molecule has 1 fully saturated rings. The first-order valence-electron chi connectivity index (χ1n) is 7.89. The summed E-state index contributed by atoms with van der Waals surface area (Å²) in [4.78, 5) is 1.52. The highest BCUT2D eigenvalue weighted by atomic mass is 32.1. The second kappa shape index (κ2) is 9.00. The Kier molecular flexibility index (Phi) is 7.01. The Morgan fingerprint density at radius 2 is 2.17 bits per heavy atom. The van der Waals surface area contributed by atoms with Crippen LogP contribution in [0.4, 0.5) is 4.39 Å². The highest BCUT2D eigenvalue weighted by molar-refractivity contribution is 7.80. The Morgan fingerprint density at radius 1 is 1.43 bits per heavy atom. The second-order valence-electron chi connectivity index (χ2n) is 5.63. The number of halogens is 1. The molecule has 1 saturated heterocycles. The highest BCUT2D eigenvalue weighted by Crippen LogP contribution is 2.21. The van der Waals surface area contributed by atoms with E-state index in [1.54, 1.807) is 6.07 Å². The van der Waals surface area contributed by atoms with E-state index in [9.17, 15) is 4.39 Å². The summed E-state index contributed by atoms with van der Waals surface area (Å²) < 4.78 is 24.0. The summed E-state index contributed by atoms with van der Waals surface area (Å²) in [6.07, 6.45) is 0. The zero-order chi connectivity index (χ0) is 16.7. The molecule has 23 heavy (non-hydrogen) atoms. The lowest BCUT2D eigenvalue weighted by molar-refractivity contribution is -0.906. The lowest BCUT2D eigenvalue weighted by atomic mass is 10.1. The van der Waals surface area contributed by atoms with Gasteiger partial charge < -0.3 is 25.0 Å². The van der Waals surface area contributed by atoms with E-state index >= 15 is 0 Å². The molecule has 5 nitrogen and oxygen atoms in total. The first-order chi connectivity index (χ1) is 11.1. The van der Waals surface area contributed by atoms with Crippen LogP contribution in [0, 0.1) is 5.82 Å². The largest absolute Gasteiger partial charge is 0.494 e. The molecule has 0 unspecified atom stereocenters. The first-order valence-corrected chi connectivity index (χ1v) is 8.30. The van der Waals surface area contributed by atoms with Crippen molar-refractivity contribution >= 4 is 17.3 Å². The van der Waals surface area contributed by atoms with Crippen molar-refractivity contribution in [2.24, 2.45) is 0 Å². The predicted molar refractivity (Wildman–Crippen MR) is 91.5 cm³/mol. The average Bonchev–Trinajstić information content (AvgIpc) is 2.55. The molecule has 1 atom stereocenters. The fourth-order valence-corrected chi connectivity index (χ4v) is 2.82. The van der Waals surface area contributed by atoms with Crippen molar-refractivity contribution in [2.45, 2.75) is 13.0 Å². The van der Waals surface area contributed by atoms with Crippen LogP contribution in [0.1, 0.15) is 18.5 Å². The van der Waals surface area contributed by atoms with Gasteiger partial charge in [0, 0.05) is 0 Å². The summed E-state index contributed by atoms with van der Waals surface area (Å²) in [5.74, 6) is -0.122. The maximum atomic E-state index is 13.7. The van der Waals surface area contributed by atoms with Gasteiger partial charge in [-0.2, -0.15) is 0 Å². The van der Waals surface area contributed by atoms with E-state index in [0.717, 1.165) is 45.0 Å². The Bertz CT molecular complexity index is 524. The highest BCUT2D eigenvalue weighted by Gasteiger charge is 2.14. The number of methoxy groups -OCH3 is 1. The Labute approximate surface area is 142 Å². The van der Waals surface area contributed by atoms with Crippen molar-refractivity contribution in [1.82, 2.24) is 10.6 Å². The van der Waals surface area contributed by atoms with Gasteiger partial charge in [0.2, 0.25) is 0 Å². The van der Waals surface area contributed by atoms with Crippen LogP contribution in [0.5, 0.6) is 5.75 Å². The summed E-state index contributed by atoms with van der Waals surface area (Å²) in [5.41, 5.74) is 0.825. The van der Waals surface area contributed by atoms with E-state index in [-0.39, 0.29) is 17.6 Å². The SMILES string of the molecule is COc1ccc([C@H](C)NC(=S)NCC[NH+]2CCOCC2)cc1F. The summed E-state index contributed by atoms with van der Waals surface area (Å²) in [6, 6.07) is 4.85. The second-order valence-corrected chi connectivity index (χ2v) is 6.04. The third-order valence-electron chi connectivity index (χ3n) is 3.99. The lowest BCUT2D eigenvalue weighted by Gasteiger charge is -2.24. The van der Waals surface area contributed by atoms with Gasteiger partial charge in [0.1, 0.15) is 13.1 Å². The number of ether oxygens (including phenoxy) is 2. The maximum absolute atomic E-state index is 13.7. The molecule has 1 aromatic rings. The molecule has 1 aliphatic heterocycles. The van der Waals surface area contributed by atoms with Crippen molar-refractivity contribution in [3.8, 4) is 5.75 Å². The van der Waals surface area contributed by atoms with Crippen LogP contribution in [-0.4, -0.2) is 51.6 Å². The van der Waals surface area contributed by atoms with Gasteiger partial charge in [-0.05, 0) is 36.8 Å². The number of morpholine rings is 1. The third-order valence-corrected chi connectivity index (χ3v) is 4.25. The Balaban J connectivity index is 1.74. The van der Waals surface area contributed by atoms with Crippen LogP contribution in [0.15, 0.2) is 18.2 Å². The standard InChI is InChI=1S/C16H24FN3O2S/c1-12(13-3-4-15(21-2)14(17)11-13)19-16(23)18-5-6-20-7-9-22-10-8-20/h3-4,11-12H,5-10H2,1-2H3,(H2,18,19,23)/p+1/t12-/m0/s1. The molecule has 2 rings (SSSR count).